The second-order valence-corrected chi connectivity index (χ2v) is 7.51. The lowest BCUT2D eigenvalue weighted by molar-refractivity contribution is -0.384. The number of furan rings is 1. The molecule has 0 aliphatic rings. The summed E-state index contributed by atoms with van der Waals surface area (Å²) in [5.41, 5.74) is 2.29. The molecule has 156 valence electrons. The van der Waals surface area contributed by atoms with Crippen LogP contribution in [0.25, 0.3) is 0 Å². The maximum atomic E-state index is 12.4. The van der Waals surface area contributed by atoms with Crippen molar-refractivity contribution in [1.29, 1.82) is 0 Å². The molecule has 7 nitrogen and oxygen atoms in total. The molecule has 1 amide bonds. The summed E-state index contributed by atoms with van der Waals surface area (Å²) in [6, 6.07) is 12.6. The lowest BCUT2D eigenvalue weighted by atomic mass is 10.0. The number of aryl methyl sites for hydroxylation is 1. The Hall–Kier alpha value is -3.32. The molecule has 0 aliphatic heterocycles. The average Bonchev–Trinajstić information content (AvgIpc) is 3.18. The summed E-state index contributed by atoms with van der Waals surface area (Å²) >= 11 is 6.22. The van der Waals surface area contributed by atoms with Gasteiger partial charge in [-0.15, -0.1) is 0 Å². The first-order chi connectivity index (χ1) is 14.2. The number of anilines is 1. The minimum absolute atomic E-state index is 0.0522. The van der Waals surface area contributed by atoms with E-state index in [0.29, 0.717) is 16.5 Å². The quantitative estimate of drug-likeness (QED) is 0.362. The third kappa shape index (κ3) is 4.99. The van der Waals surface area contributed by atoms with Crippen molar-refractivity contribution in [1.82, 2.24) is 0 Å². The van der Waals surface area contributed by atoms with Crippen LogP contribution in [0.3, 0.4) is 0 Å². The average molecular weight is 429 g/mol. The smallest absolute Gasteiger partial charge is 0.291 e. The fourth-order valence-electron chi connectivity index (χ4n) is 2.83. The third-order valence-electron chi connectivity index (χ3n) is 4.50. The van der Waals surface area contributed by atoms with Crippen molar-refractivity contribution in [2.75, 3.05) is 5.32 Å². The molecule has 0 saturated heterocycles. The largest absolute Gasteiger partial charge is 0.485 e. The highest BCUT2D eigenvalue weighted by atomic mass is 35.5. The number of hydrogen-bond acceptors (Lipinski definition) is 5. The van der Waals surface area contributed by atoms with Crippen LogP contribution in [0.2, 0.25) is 5.02 Å². The van der Waals surface area contributed by atoms with Crippen molar-refractivity contribution in [2.45, 2.75) is 33.3 Å². The molecule has 0 spiro atoms. The summed E-state index contributed by atoms with van der Waals surface area (Å²) in [4.78, 5) is 22.6. The van der Waals surface area contributed by atoms with Crippen molar-refractivity contribution < 1.29 is 18.9 Å². The second-order valence-electron chi connectivity index (χ2n) is 7.11. The van der Waals surface area contributed by atoms with Crippen LogP contribution in [0.5, 0.6) is 5.75 Å². The Balaban J connectivity index is 1.66. The van der Waals surface area contributed by atoms with Gasteiger partial charge >= 0.3 is 0 Å². The molecule has 8 heteroatoms. The third-order valence-corrected chi connectivity index (χ3v) is 4.91. The van der Waals surface area contributed by atoms with Gasteiger partial charge in [0, 0.05) is 22.8 Å². The van der Waals surface area contributed by atoms with E-state index in [1.807, 2.05) is 19.1 Å². The summed E-state index contributed by atoms with van der Waals surface area (Å²) < 4.78 is 11.5. The Bertz CT molecular complexity index is 1070. The van der Waals surface area contributed by atoms with Gasteiger partial charge in [-0.25, -0.2) is 0 Å². The Morgan fingerprint density at radius 2 is 1.90 bits per heavy atom. The fraction of sp³-hybridized carbons (Fsp3) is 0.227. The summed E-state index contributed by atoms with van der Waals surface area (Å²) in [7, 11) is 0. The van der Waals surface area contributed by atoms with Gasteiger partial charge in [0.15, 0.2) is 5.76 Å². The molecule has 2 aromatic carbocycles. The van der Waals surface area contributed by atoms with Gasteiger partial charge in [0.25, 0.3) is 11.6 Å². The van der Waals surface area contributed by atoms with E-state index in [2.05, 4.69) is 19.2 Å². The van der Waals surface area contributed by atoms with Gasteiger partial charge in [0.1, 0.15) is 18.1 Å². The van der Waals surface area contributed by atoms with Crippen molar-refractivity contribution in [2.24, 2.45) is 0 Å². The molecular weight excluding hydrogens is 408 g/mol. The maximum absolute atomic E-state index is 12.4. The number of amides is 1. The van der Waals surface area contributed by atoms with Crippen LogP contribution in [0, 0.1) is 17.0 Å². The van der Waals surface area contributed by atoms with Crippen LogP contribution in [-0.4, -0.2) is 10.8 Å². The van der Waals surface area contributed by atoms with E-state index in [9.17, 15) is 14.9 Å². The number of non-ortho nitro benzene ring substituents is 1. The minimum atomic E-state index is -0.503. The number of hydrogen-bond donors (Lipinski definition) is 1. The monoisotopic (exact) mass is 428 g/mol. The first kappa shape index (κ1) is 21.4. The van der Waals surface area contributed by atoms with E-state index in [0.717, 1.165) is 16.9 Å². The first-order valence-electron chi connectivity index (χ1n) is 9.32. The number of carbonyl (C=O) groups excluding carboxylic acids is 1. The van der Waals surface area contributed by atoms with Gasteiger partial charge in [-0.1, -0.05) is 25.4 Å². The van der Waals surface area contributed by atoms with Crippen LogP contribution < -0.4 is 10.1 Å². The van der Waals surface area contributed by atoms with Gasteiger partial charge in [-0.05, 0) is 60.4 Å². The van der Waals surface area contributed by atoms with E-state index in [1.165, 1.54) is 24.3 Å². The molecule has 0 radical (unpaired) electrons. The number of ether oxygens (including phenoxy) is 1. The number of rotatable bonds is 7. The minimum Gasteiger partial charge on any atom is -0.485 e. The standard InChI is InChI=1S/C22H21ClN2O5/c1-13(2)18-11-19(23)14(3)10-21(18)29-12-17-8-9-20(30-17)22(26)24-15-4-6-16(7-5-15)25(27)28/h4-11,13H,12H2,1-3H3,(H,24,26). The van der Waals surface area contributed by atoms with Crippen LogP contribution in [0.1, 0.15) is 47.2 Å². The summed E-state index contributed by atoms with van der Waals surface area (Å²) in [6.07, 6.45) is 0. The Kier molecular flexibility index (Phi) is 6.42. The molecule has 0 saturated carbocycles. The predicted molar refractivity (Wildman–Crippen MR) is 114 cm³/mol. The van der Waals surface area contributed by atoms with E-state index < -0.39 is 10.8 Å². The van der Waals surface area contributed by atoms with Crippen LogP contribution in [0.15, 0.2) is 52.9 Å². The molecule has 0 aliphatic carbocycles. The summed E-state index contributed by atoms with van der Waals surface area (Å²) in [5, 5.41) is 14.0. The van der Waals surface area contributed by atoms with Crippen molar-refractivity contribution in [3.05, 3.63) is 86.3 Å². The first-order valence-corrected chi connectivity index (χ1v) is 9.69. The number of nitro benzene ring substituents is 1. The second kappa shape index (κ2) is 9.00. The maximum Gasteiger partial charge on any atom is 0.291 e. The topological polar surface area (TPSA) is 94.6 Å². The molecule has 0 fully saturated rings. The van der Waals surface area contributed by atoms with Crippen molar-refractivity contribution in [3.63, 3.8) is 0 Å². The highest BCUT2D eigenvalue weighted by molar-refractivity contribution is 6.31. The van der Waals surface area contributed by atoms with Gasteiger partial charge < -0.3 is 14.5 Å². The van der Waals surface area contributed by atoms with E-state index >= 15 is 0 Å². The zero-order valence-corrected chi connectivity index (χ0v) is 17.5. The predicted octanol–water partition coefficient (Wildman–Crippen LogP) is 6.10. The normalized spacial score (nSPS) is 10.8. The molecule has 0 bridgehead atoms. The highest BCUT2D eigenvalue weighted by Crippen LogP contribution is 2.32. The number of carbonyl (C=O) groups is 1. The lowest BCUT2D eigenvalue weighted by Crippen LogP contribution is -2.10. The van der Waals surface area contributed by atoms with Crippen molar-refractivity contribution in [3.8, 4) is 5.75 Å². The van der Waals surface area contributed by atoms with Gasteiger partial charge in [0.2, 0.25) is 0 Å². The molecule has 1 aromatic heterocycles. The van der Waals surface area contributed by atoms with Gasteiger partial charge in [-0.3, -0.25) is 14.9 Å². The van der Waals surface area contributed by atoms with Gasteiger partial charge in [-0.2, -0.15) is 0 Å². The van der Waals surface area contributed by atoms with E-state index in [4.69, 9.17) is 20.8 Å². The van der Waals surface area contributed by atoms with E-state index in [-0.39, 0.29) is 24.0 Å². The Morgan fingerprint density at radius 3 is 2.53 bits per heavy atom. The highest BCUT2D eigenvalue weighted by Gasteiger charge is 2.15. The molecule has 1 heterocycles. The zero-order chi connectivity index (χ0) is 21.8. The number of nitrogens with zero attached hydrogens (tertiary/aromatic N) is 1. The van der Waals surface area contributed by atoms with Crippen LogP contribution >= 0.6 is 11.6 Å². The number of halogens is 1. The molecule has 3 aromatic rings. The fourth-order valence-corrected chi connectivity index (χ4v) is 3.00. The lowest BCUT2D eigenvalue weighted by Gasteiger charge is -2.15. The summed E-state index contributed by atoms with van der Waals surface area (Å²) in [5.74, 6) is 1.10. The number of nitrogens with one attached hydrogen (secondary N) is 1. The SMILES string of the molecule is Cc1cc(OCc2ccc(C(=O)Nc3ccc([N+](=O)[O-])cc3)o2)c(C(C)C)cc1Cl. The molecule has 0 atom stereocenters. The number of benzene rings is 2. The summed E-state index contributed by atoms with van der Waals surface area (Å²) in [6.45, 7) is 6.18. The molecular formula is C22H21ClN2O5. The van der Waals surface area contributed by atoms with Crippen LogP contribution in [0.4, 0.5) is 11.4 Å². The Morgan fingerprint density at radius 1 is 1.20 bits per heavy atom. The van der Waals surface area contributed by atoms with Crippen molar-refractivity contribution >= 4 is 28.9 Å². The Labute approximate surface area is 178 Å². The molecule has 1 N–H and O–H groups in total. The molecule has 0 unspecified atom stereocenters. The zero-order valence-electron chi connectivity index (χ0n) is 16.8. The van der Waals surface area contributed by atoms with Crippen LogP contribution in [-0.2, 0) is 6.61 Å². The molecule has 30 heavy (non-hydrogen) atoms. The number of nitro groups is 1. The molecule has 3 rings (SSSR count). The van der Waals surface area contributed by atoms with E-state index in [1.54, 1.807) is 12.1 Å². The van der Waals surface area contributed by atoms with Gasteiger partial charge in [0.05, 0.1) is 4.92 Å².